The molecule has 9 heteroatoms. The van der Waals surface area contributed by atoms with Crippen LogP contribution in [0.25, 0.3) is 0 Å². The van der Waals surface area contributed by atoms with Crippen LogP contribution in [0.4, 0.5) is 0 Å². The molecule has 0 saturated carbocycles. The van der Waals surface area contributed by atoms with Crippen LogP contribution in [0.2, 0.25) is 0 Å². The minimum Gasteiger partial charge on any atom is -0.480 e. The highest BCUT2D eigenvalue weighted by molar-refractivity contribution is 7.99. The van der Waals surface area contributed by atoms with Crippen molar-refractivity contribution >= 4 is 40.9 Å². The average molecular weight is 394 g/mol. The molecule has 1 aromatic heterocycles. The van der Waals surface area contributed by atoms with E-state index in [1.54, 1.807) is 0 Å². The van der Waals surface area contributed by atoms with Crippen molar-refractivity contribution in [3.8, 4) is 0 Å². The summed E-state index contributed by atoms with van der Waals surface area (Å²) < 4.78 is 0. The Balaban J connectivity index is 2.07. The zero-order chi connectivity index (χ0) is 19.1. The Morgan fingerprint density at radius 1 is 1.12 bits per heavy atom. The number of aliphatic carboxylic acids is 1. The maximum absolute atomic E-state index is 12.4. The highest BCUT2D eigenvalue weighted by Crippen LogP contribution is 2.31. The smallest absolute Gasteiger partial charge is 0.336 e. The maximum Gasteiger partial charge on any atom is 0.336 e. The van der Waals surface area contributed by atoms with Gasteiger partial charge in [-0.2, -0.15) is 0 Å². The predicted molar refractivity (Wildman–Crippen MR) is 101 cm³/mol. The van der Waals surface area contributed by atoms with Gasteiger partial charge >= 0.3 is 11.9 Å². The molecule has 0 aliphatic heterocycles. The second kappa shape index (κ2) is 9.37. The van der Waals surface area contributed by atoms with E-state index in [2.05, 4.69) is 5.32 Å². The van der Waals surface area contributed by atoms with Gasteiger partial charge in [-0.1, -0.05) is 18.2 Å². The first-order valence-corrected chi connectivity index (χ1v) is 9.58. The van der Waals surface area contributed by atoms with Gasteiger partial charge in [0.1, 0.15) is 6.04 Å². The number of hydrogen-bond donors (Lipinski definition) is 4. The molecule has 0 aliphatic rings. The number of hydrogen-bond acceptors (Lipinski definition) is 6. The fourth-order valence-electron chi connectivity index (χ4n) is 2.23. The second-order valence-electron chi connectivity index (χ2n) is 5.29. The number of carboxylic acids is 2. The third-order valence-corrected chi connectivity index (χ3v) is 6.05. The summed E-state index contributed by atoms with van der Waals surface area (Å²) in [7, 11) is 0. The van der Waals surface area contributed by atoms with Crippen LogP contribution in [-0.2, 0) is 4.79 Å². The predicted octanol–water partition coefficient (Wildman–Crippen LogP) is 2.06. The summed E-state index contributed by atoms with van der Waals surface area (Å²) in [4.78, 5) is 36.1. The quantitative estimate of drug-likeness (QED) is 0.512. The molecule has 1 unspecified atom stereocenters. The summed E-state index contributed by atoms with van der Waals surface area (Å²) in [5.41, 5.74) is 5.50. The minimum absolute atomic E-state index is 0.0694. The number of carbonyl (C=O) groups excluding carboxylic acids is 1. The van der Waals surface area contributed by atoms with Gasteiger partial charge in [0.15, 0.2) is 0 Å². The van der Waals surface area contributed by atoms with Crippen molar-refractivity contribution in [2.45, 2.75) is 11.3 Å². The molecule has 26 heavy (non-hydrogen) atoms. The van der Waals surface area contributed by atoms with Gasteiger partial charge in [-0.3, -0.25) is 4.79 Å². The van der Waals surface area contributed by atoms with E-state index in [4.69, 9.17) is 10.8 Å². The summed E-state index contributed by atoms with van der Waals surface area (Å²) >= 11 is 2.87. The SMILES string of the molecule is NCC(SC[C@H](NC(=O)c1ccccc1C(=O)O)C(=O)O)c1cccs1. The van der Waals surface area contributed by atoms with E-state index in [1.807, 2.05) is 17.5 Å². The third-order valence-electron chi connectivity index (χ3n) is 3.54. The highest BCUT2D eigenvalue weighted by Gasteiger charge is 2.25. The number of thioether (sulfide) groups is 1. The topological polar surface area (TPSA) is 130 Å². The number of amides is 1. The molecule has 0 spiro atoms. The minimum atomic E-state index is -1.25. The lowest BCUT2D eigenvalue weighted by molar-refractivity contribution is -0.138. The summed E-state index contributed by atoms with van der Waals surface area (Å²) in [6, 6.07) is 8.31. The molecule has 1 heterocycles. The van der Waals surface area contributed by atoms with E-state index in [0.717, 1.165) is 4.88 Å². The molecule has 0 bridgehead atoms. The molecule has 0 fully saturated rings. The summed E-state index contributed by atoms with van der Waals surface area (Å²) in [6.07, 6.45) is 0. The number of nitrogens with two attached hydrogens (primary N) is 1. The van der Waals surface area contributed by atoms with Crippen LogP contribution in [0.15, 0.2) is 41.8 Å². The monoisotopic (exact) mass is 394 g/mol. The van der Waals surface area contributed by atoms with E-state index in [9.17, 15) is 19.5 Å². The van der Waals surface area contributed by atoms with E-state index < -0.39 is 23.9 Å². The van der Waals surface area contributed by atoms with Crippen LogP contribution in [0.3, 0.4) is 0 Å². The third kappa shape index (κ3) is 5.07. The fraction of sp³-hybridized carbons (Fsp3) is 0.235. The molecular formula is C17H18N2O5S2. The van der Waals surface area contributed by atoms with Crippen LogP contribution in [-0.4, -0.2) is 46.4 Å². The number of carbonyl (C=O) groups is 3. The summed E-state index contributed by atoms with van der Waals surface area (Å²) in [5, 5.41) is 22.8. The van der Waals surface area contributed by atoms with E-state index in [1.165, 1.54) is 47.4 Å². The van der Waals surface area contributed by atoms with Crippen molar-refractivity contribution in [3.05, 3.63) is 57.8 Å². The van der Waals surface area contributed by atoms with Crippen molar-refractivity contribution in [2.75, 3.05) is 12.3 Å². The van der Waals surface area contributed by atoms with Gasteiger partial charge in [0.25, 0.3) is 5.91 Å². The normalized spacial score (nSPS) is 13.0. The lowest BCUT2D eigenvalue weighted by Crippen LogP contribution is -2.43. The Morgan fingerprint density at radius 2 is 1.81 bits per heavy atom. The Hall–Kier alpha value is -2.36. The molecule has 2 aromatic rings. The van der Waals surface area contributed by atoms with Gasteiger partial charge in [-0.15, -0.1) is 23.1 Å². The van der Waals surface area contributed by atoms with Crippen molar-refractivity contribution in [3.63, 3.8) is 0 Å². The molecule has 0 aliphatic carbocycles. The molecule has 138 valence electrons. The molecule has 1 aromatic carbocycles. The molecule has 2 rings (SSSR count). The number of thiophene rings is 1. The number of nitrogens with one attached hydrogen (secondary N) is 1. The van der Waals surface area contributed by atoms with Crippen molar-refractivity contribution in [2.24, 2.45) is 5.73 Å². The molecule has 0 radical (unpaired) electrons. The Kier molecular flexibility index (Phi) is 7.19. The molecule has 2 atom stereocenters. The number of benzene rings is 1. The molecule has 7 nitrogen and oxygen atoms in total. The molecule has 0 saturated heterocycles. The van der Waals surface area contributed by atoms with Crippen LogP contribution >= 0.6 is 23.1 Å². The highest BCUT2D eigenvalue weighted by atomic mass is 32.2. The fourth-order valence-corrected chi connectivity index (χ4v) is 4.35. The van der Waals surface area contributed by atoms with E-state index in [0.29, 0.717) is 6.54 Å². The first kappa shape index (κ1) is 20.0. The standard InChI is InChI=1S/C17H18N2O5S2/c18-8-14(13-6-3-7-25-13)26-9-12(17(23)24)19-15(20)10-4-1-2-5-11(10)16(21)22/h1-7,12,14H,8-9,18H2,(H,19,20)(H,21,22)(H,23,24)/t12-,14?/m0/s1. The first-order valence-electron chi connectivity index (χ1n) is 7.65. The Labute approximate surface area is 158 Å². The molecular weight excluding hydrogens is 376 g/mol. The van der Waals surface area contributed by atoms with Crippen molar-refractivity contribution in [1.82, 2.24) is 5.32 Å². The zero-order valence-corrected chi connectivity index (χ0v) is 15.3. The summed E-state index contributed by atoms with van der Waals surface area (Å²) in [6.45, 7) is 0.341. The Morgan fingerprint density at radius 3 is 2.35 bits per heavy atom. The zero-order valence-electron chi connectivity index (χ0n) is 13.6. The average Bonchev–Trinajstić information content (AvgIpc) is 3.15. The van der Waals surface area contributed by atoms with Gasteiger partial charge in [-0.05, 0) is 23.6 Å². The van der Waals surface area contributed by atoms with Crippen molar-refractivity contribution in [1.29, 1.82) is 0 Å². The van der Waals surface area contributed by atoms with Crippen molar-refractivity contribution < 1.29 is 24.6 Å². The number of carboxylic acid groups (broad SMARTS) is 2. The second-order valence-corrected chi connectivity index (χ2v) is 7.50. The lowest BCUT2D eigenvalue weighted by atomic mass is 10.1. The first-order chi connectivity index (χ1) is 12.4. The molecule has 1 amide bonds. The maximum atomic E-state index is 12.4. The Bertz CT molecular complexity index is 779. The number of aromatic carboxylic acids is 1. The van der Waals surface area contributed by atoms with Gasteiger partial charge < -0.3 is 21.3 Å². The van der Waals surface area contributed by atoms with Crippen LogP contribution in [0.5, 0.6) is 0 Å². The van der Waals surface area contributed by atoms with Crippen LogP contribution < -0.4 is 11.1 Å². The molecule has 5 N–H and O–H groups in total. The van der Waals surface area contributed by atoms with Crippen LogP contribution in [0.1, 0.15) is 30.8 Å². The van der Waals surface area contributed by atoms with Gasteiger partial charge in [-0.25, -0.2) is 9.59 Å². The van der Waals surface area contributed by atoms with E-state index in [-0.39, 0.29) is 22.1 Å². The summed E-state index contributed by atoms with van der Waals surface area (Å²) in [5.74, 6) is -3.08. The largest absolute Gasteiger partial charge is 0.480 e. The van der Waals surface area contributed by atoms with E-state index >= 15 is 0 Å². The van der Waals surface area contributed by atoms with Gasteiger partial charge in [0.05, 0.1) is 16.4 Å². The van der Waals surface area contributed by atoms with Crippen LogP contribution in [0, 0.1) is 0 Å². The van der Waals surface area contributed by atoms with Gasteiger partial charge in [0, 0.05) is 17.2 Å². The van der Waals surface area contributed by atoms with Gasteiger partial charge in [0.2, 0.25) is 0 Å². The lowest BCUT2D eigenvalue weighted by Gasteiger charge is -2.18. The number of rotatable bonds is 9.